The van der Waals surface area contributed by atoms with Gasteiger partial charge in [-0.1, -0.05) is 0 Å². The molecule has 0 unspecified atom stereocenters. The van der Waals surface area contributed by atoms with Crippen LogP contribution in [0.25, 0.3) is 0 Å². The number of imidazole rings is 1. The van der Waals surface area contributed by atoms with Gasteiger partial charge in [0.15, 0.2) is 5.82 Å². The summed E-state index contributed by atoms with van der Waals surface area (Å²) in [5.74, 6) is 0.354. The fourth-order valence-electron chi connectivity index (χ4n) is 3.27. The zero-order valence-electron chi connectivity index (χ0n) is 14.7. The third-order valence-corrected chi connectivity index (χ3v) is 4.61. The molecule has 1 aliphatic rings. The van der Waals surface area contributed by atoms with Crippen LogP contribution in [-0.2, 0) is 6.54 Å². The van der Waals surface area contributed by atoms with E-state index in [1.807, 2.05) is 26.5 Å². The van der Waals surface area contributed by atoms with E-state index in [9.17, 15) is 9.18 Å². The number of aromatic nitrogens is 3. The molecule has 2 aromatic heterocycles. The molecule has 25 heavy (non-hydrogen) atoms. The summed E-state index contributed by atoms with van der Waals surface area (Å²) >= 11 is 0. The van der Waals surface area contributed by atoms with Crippen molar-refractivity contribution in [1.29, 1.82) is 0 Å². The van der Waals surface area contributed by atoms with Gasteiger partial charge in [-0.25, -0.2) is 9.37 Å². The first-order valence-electron chi connectivity index (χ1n) is 8.61. The van der Waals surface area contributed by atoms with Gasteiger partial charge in [0.05, 0.1) is 11.8 Å². The van der Waals surface area contributed by atoms with E-state index in [0.29, 0.717) is 13.1 Å². The van der Waals surface area contributed by atoms with Crippen LogP contribution < -0.4 is 0 Å². The molecule has 3 rings (SSSR count). The molecule has 3 heterocycles. The second-order valence-electron chi connectivity index (χ2n) is 6.73. The van der Waals surface area contributed by atoms with Gasteiger partial charge in [-0.3, -0.25) is 9.78 Å². The van der Waals surface area contributed by atoms with Gasteiger partial charge >= 0.3 is 0 Å². The lowest BCUT2D eigenvalue weighted by Crippen LogP contribution is -2.40. The first kappa shape index (κ1) is 17.5. The average Bonchev–Trinajstić information content (AvgIpc) is 3.08. The van der Waals surface area contributed by atoms with E-state index < -0.39 is 5.82 Å². The summed E-state index contributed by atoms with van der Waals surface area (Å²) in [4.78, 5) is 24.8. The Bertz CT molecular complexity index is 730. The van der Waals surface area contributed by atoms with E-state index in [1.165, 1.54) is 12.3 Å². The number of amides is 1. The first-order chi connectivity index (χ1) is 12.1. The topological polar surface area (TPSA) is 54.3 Å². The van der Waals surface area contributed by atoms with Crippen molar-refractivity contribution in [3.63, 3.8) is 0 Å². The second-order valence-corrected chi connectivity index (χ2v) is 6.73. The highest BCUT2D eigenvalue weighted by atomic mass is 19.1. The van der Waals surface area contributed by atoms with Gasteiger partial charge in [-0.2, -0.15) is 0 Å². The van der Waals surface area contributed by atoms with Crippen LogP contribution in [0.2, 0.25) is 0 Å². The number of pyridine rings is 1. The molecule has 0 N–H and O–H groups in total. The Morgan fingerprint density at radius 3 is 3.00 bits per heavy atom. The van der Waals surface area contributed by atoms with Crippen LogP contribution in [0.4, 0.5) is 4.39 Å². The Morgan fingerprint density at radius 2 is 2.24 bits per heavy atom. The largest absolute Gasteiger partial charge is 0.338 e. The number of likely N-dealkylation sites (tertiary alicyclic amines) is 1. The fourth-order valence-corrected chi connectivity index (χ4v) is 3.27. The molecule has 0 spiro atoms. The number of halogens is 1. The monoisotopic (exact) mass is 345 g/mol. The number of carbonyl (C=O) groups is 1. The van der Waals surface area contributed by atoms with Crippen LogP contribution >= 0.6 is 0 Å². The van der Waals surface area contributed by atoms with Gasteiger partial charge in [0, 0.05) is 50.7 Å². The minimum atomic E-state index is -0.567. The van der Waals surface area contributed by atoms with Crippen LogP contribution in [0.5, 0.6) is 0 Å². The number of hydrogen-bond donors (Lipinski definition) is 0. The minimum absolute atomic E-state index is 0.0894. The van der Waals surface area contributed by atoms with Crippen molar-refractivity contribution < 1.29 is 9.18 Å². The lowest BCUT2D eigenvalue weighted by atomic mass is 9.96. The quantitative estimate of drug-likeness (QED) is 0.832. The van der Waals surface area contributed by atoms with Crippen molar-refractivity contribution in [1.82, 2.24) is 24.3 Å². The normalized spacial score (nSPS) is 17.9. The summed E-state index contributed by atoms with van der Waals surface area (Å²) in [6.45, 7) is 3.02. The molecule has 0 aromatic carbocycles. The Balaban J connectivity index is 1.73. The number of piperidine rings is 1. The first-order valence-corrected chi connectivity index (χ1v) is 8.61. The molecule has 0 aliphatic carbocycles. The van der Waals surface area contributed by atoms with E-state index >= 15 is 0 Å². The number of nitrogens with zero attached hydrogens (tertiary/aromatic N) is 5. The van der Waals surface area contributed by atoms with Crippen LogP contribution in [0.15, 0.2) is 30.9 Å². The lowest BCUT2D eigenvalue weighted by molar-refractivity contribution is 0.0698. The zero-order chi connectivity index (χ0) is 17.8. The van der Waals surface area contributed by atoms with Gasteiger partial charge < -0.3 is 14.4 Å². The van der Waals surface area contributed by atoms with Gasteiger partial charge in [-0.05, 0) is 33.0 Å². The molecule has 0 saturated carbocycles. The van der Waals surface area contributed by atoms with E-state index in [1.54, 1.807) is 4.90 Å². The average molecular weight is 345 g/mol. The number of rotatable bonds is 5. The molecule has 1 saturated heterocycles. The molecular weight excluding hydrogens is 321 g/mol. The summed E-state index contributed by atoms with van der Waals surface area (Å²) in [5.41, 5.74) is 0.0894. The van der Waals surface area contributed by atoms with Crippen molar-refractivity contribution in [3.05, 3.63) is 48.1 Å². The molecule has 134 valence electrons. The highest BCUT2D eigenvalue weighted by Gasteiger charge is 2.29. The standard InChI is InChI=1S/C18H24FN5O/c1-22(2)10-11-23-9-7-21-17(23)14-4-3-8-24(13-14)18(25)15-5-6-20-12-16(15)19/h5-7,9,12,14H,3-4,8,10-11,13H2,1-2H3/t14-/m1/s1. The van der Waals surface area contributed by atoms with Crippen molar-refractivity contribution in [2.45, 2.75) is 25.3 Å². The summed E-state index contributed by atoms with van der Waals surface area (Å²) in [7, 11) is 4.09. The molecule has 0 bridgehead atoms. The maximum absolute atomic E-state index is 13.9. The van der Waals surface area contributed by atoms with Gasteiger partial charge in [0.1, 0.15) is 5.82 Å². The minimum Gasteiger partial charge on any atom is -0.338 e. The van der Waals surface area contributed by atoms with Crippen LogP contribution in [0, 0.1) is 5.82 Å². The molecule has 1 atom stereocenters. The van der Waals surface area contributed by atoms with Gasteiger partial charge in [0.2, 0.25) is 0 Å². The Kier molecular flexibility index (Phi) is 5.43. The molecule has 7 heteroatoms. The predicted molar refractivity (Wildman–Crippen MR) is 92.9 cm³/mol. The van der Waals surface area contributed by atoms with E-state index in [-0.39, 0.29) is 17.4 Å². The van der Waals surface area contributed by atoms with Crippen LogP contribution in [0.1, 0.15) is 34.9 Å². The summed E-state index contributed by atoms with van der Waals surface area (Å²) in [5, 5.41) is 0. The summed E-state index contributed by atoms with van der Waals surface area (Å²) in [6.07, 6.45) is 8.22. The Hall–Kier alpha value is -2.28. The van der Waals surface area contributed by atoms with Crippen molar-refractivity contribution in [2.75, 3.05) is 33.7 Å². The Morgan fingerprint density at radius 1 is 1.40 bits per heavy atom. The molecular formula is C18H24FN5O. The summed E-state index contributed by atoms with van der Waals surface area (Å²) in [6, 6.07) is 1.44. The lowest BCUT2D eigenvalue weighted by Gasteiger charge is -2.33. The van der Waals surface area contributed by atoms with Crippen LogP contribution in [-0.4, -0.2) is 64.0 Å². The number of carbonyl (C=O) groups excluding carboxylic acids is 1. The molecule has 1 aliphatic heterocycles. The third kappa shape index (κ3) is 4.04. The van der Waals surface area contributed by atoms with E-state index in [4.69, 9.17) is 0 Å². The Labute approximate surface area is 147 Å². The highest BCUT2D eigenvalue weighted by molar-refractivity contribution is 5.94. The highest BCUT2D eigenvalue weighted by Crippen LogP contribution is 2.27. The molecule has 6 nitrogen and oxygen atoms in total. The van der Waals surface area contributed by atoms with E-state index in [2.05, 4.69) is 19.4 Å². The van der Waals surface area contributed by atoms with Crippen LogP contribution in [0.3, 0.4) is 0 Å². The van der Waals surface area contributed by atoms with Crippen molar-refractivity contribution >= 4 is 5.91 Å². The molecule has 0 radical (unpaired) electrons. The smallest absolute Gasteiger partial charge is 0.256 e. The van der Waals surface area contributed by atoms with Gasteiger partial charge in [0.25, 0.3) is 5.91 Å². The maximum Gasteiger partial charge on any atom is 0.256 e. The number of hydrogen-bond acceptors (Lipinski definition) is 4. The number of likely N-dealkylation sites (N-methyl/N-ethyl adjacent to an activating group) is 1. The summed E-state index contributed by atoms with van der Waals surface area (Å²) < 4.78 is 16.0. The van der Waals surface area contributed by atoms with Crippen molar-refractivity contribution in [2.24, 2.45) is 0 Å². The molecule has 1 fully saturated rings. The van der Waals surface area contributed by atoms with Crippen molar-refractivity contribution in [3.8, 4) is 0 Å². The maximum atomic E-state index is 13.9. The zero-order valence-corrected chi connectivity index (χ0v) is 14.7. The molecule has 1 amide bonds. The predicted octanol–water partition coefficient (Wildman–Crippen LogP) is 2.00. The molecule has 2 aromatic rings. The van der Waals surface area contributed by atoms with E-state index in [0.717, 1.165) is 38.0 Å². The third-order valence-electron chi connectivity index (χ3n) is 4.61. The van der Waals surface area contributed by atoms with Gasteiger partial charge in [-0.15, -0.1) is 0 Å². The second kappa shape index (κ2) is 7.74. The fraction of sp³-hybridized carbons (Fsp3) is 0.500. The SMILES string of the molecule is CN(C)CCn1ccnc1[C@@H]1CCCN(C(=O)c2ccncc2F)C1.